The summed E-state index contributed by atoms with van der Waals surface area (Å²) in [5.74, 6) is 0.375. The van der Waals surface area contributed by atoms with Crippen LogP contribution in [0.1, 0.15) is 182 Å². The van der Waals surface area contributed by atoms with Crippen LogP contribution in [-0.4, -0.2) is 234 Å². The molecule has 12 aliphatic rings. The van der Waals surface area contributed by atoms with Gasteiger partial charge in [0.25, 0.3) is 5.91 Å². The number of amides is 4. The number of carboxylic acid groups (broad SMARTS) is 2. The average molecular weight is 1880 g/mol. The number of nitrogens with one attached hydrogen (secondary N) is 4. The zero-order chi connectivity index (χ0) is 92.9. The molecule has 0 spiro atoms. The lowest BCUT2D eigenvalue weighted by Crippen LogP contribution is -2.62. The summed E-state index contributed by atoms with van der Waals surface area (Å²) in [6, 6.07) is 41.7. The number of nitrogens with zero attached hydrogens (tertiary/aromatic N) is 4. The number of benzene rings is 6. The van der Waals surface area contributed by atoms with Gasteiger partial charge >= 0.3 is 19.1 Å². The third-order valence-corrected chi connectivity index (χ3v) is 31.4. The molecule has 29 heteroatoms. The number of aromatic carboxylic acids is 2. The van der Waals surface area contributed by atoms with Crippen molar-refractivity contribution in [3.8, 4) is 22.3 Å². The van der Waals surface area contributed by atoms with Crippen LogP contribution in [0.3, 0.4) is 0 Å². The smallest absolute Gasteiger partial charge is 0.478 e. The van der Waals surface area contributed by atoms with Gasteiger partial charge in [-0.25, -0.2) is 9.59 Å². The highest BCUT2D eigenvalue weighted by molar-refractivity contribution is 14.1. The van der Waals surface area contributed by atoms with Crippen LogP contribution in [0.15, 0.2) is 146 Å². The van der Waals surface area contributed by atoms with E-state index in [9.17, 15) is 64.5 Å². The Morgan fingerprint density at radius 2 is 0.812 bits per heavy atom. The number of hydroxylamine groups is 6. The number of aliphatic hydroxyl groups excluding tert-OH is 6. The first-order valence-electron chi connectivity index (χ1n) is 45.7. The highest BCUT2D eigenvalue weighted by atomic mass is 127. The van der Waals surface area contributed by atoms with Gasteiger partial charge in [0, 0.05) is 51.6 Å². The van der Waals surface area contributed by atoms with Crippen molar-refractivity contribution in [1.29, 1.82) is 0 Å². The van der Waals surface area contributed by atoms with Crippen LogP contribution in [0.25, 0.3) is 22.3 Å². The Hall–Kier alpha value is -7.67. The van der Waals surface area contributed by atoms with Crippen molar-refractivity contribution in [2.75, 3.05) is 47.0 Å². The fourth-order valence-electron chi connectivity index (χ4n) is 22.9. The van der Waals surface area contributed by atoms with Crippen LogP contribution >= 0.6 is 22.6 Å². The van der Waals surface area contributed by atoms with E-state index in [0.717, 1.165) is 75.6 Å². The Bertz CT molecular complexity index is 4820. The molecule has 6 bridgehead atoms. The summed E-state index contributed by atoms with van der Waals surface area (Å²) in [6.07, 6.45) is 4.01. The molecule has 696 valence electrons. The van der Waals surface area contributed by atoms with Gasteiger partial charge in [0.2, 0.25) is 17.7 Å². The summed E-state index contributed by atoms with van der Waals surface area (Å²) < 4.78 is 1.11. The standard InChI is InChI=1S/C37H54N4O5.C31H40N2O6.C24H35IN2O4.C7H7BO4/c1-23-30-19-27(37(30,3)4)20-31(23)39-36(45)34-33(24(2)43)32(22-42)46-41(34)21-25-12-11-13-26(18-25)28-14-7-8-15-29(28)35(44)38-16-9-10-17-40(5)6;1-17-24-13-21(31(24,3)4)14-25(17)32-29(36)28-27(18(2)35)26(16-34)39-33(28)15-19-8-7-9-20(12-19)22-10-5-6-11-23(22)30(37)38;1-13-18-9-16(24(18,3)4)10-19(13)26-23(30)22-21(14(2)29)20(12-28)31-27(22)11-15-6-5-7-17(25)8-15;9-7(10)5-3-1-2-4-6(5)8(11)12/h7-8,11-15,18,23-24,27,30-34,42-43H,9-10,16-17,19-22H2,1-6H3,(H,38,44)(H,39,45);5-12,17-18,21,24-28,34-35H,13-16H2,1-4H3,(H,32,36)(H,37,38);5-8,13-14,16,18-22,28-29H,9-12H2,1-4H3,(H,26,30);1-4,11-12H,(H,9,10)/t23-,24-,27+,30-,31-,32-,33+,34-;17-,18-,21+,24-,25-,26-,27+,28-;13-,14-,16+,18-,19-,20-,21+,22-;/m000./s1. The van der Waals surface area contributed by atoms with Crippen LogP contribution in [0.4, 0.5) is 0 Å². The van der Waals surface area contributed by atoms with Gasteiger partial charge in [-0.1, -0.05) is 165 Å². The normalized spacial score (nSPS) is 30.4. The molecule has 6 aromatic rings. The maximum absolute atomic E-state index is 14.0. The van der Waals surface area contributed by atoms with Crippen molar-refractivity contribution in [1.82, 2.24) is 41.4 Å². The van der Waals surface area contributed by atoms with Crippen molar-refractivity contribution in [3.05, 3.63) is 183 Å². The largest absolute Gasteiger partial charge is 0.489 e. The van der Waals surface area contributed by atoms with Crippen molar-refractivity contribution in [3.63, 3.8) is 0 Å². The molecule has 3 saturated heterocycles. The molecule has 9 aliphatic carbocycles. The Balaban J connectivity index is 0.000000165. The molecule has 3 aliphatic heterocycles. The van der Waals surface area contributed by atoms with Gasteiger partial charge in [-0.15, -0.1) is 0 Å². The minimum atomic E-state index is -1.74. The summed E-state index contributed by atoms with van der Waals surface area (Å²) in [6.45, 7) is 27.4. The number of rotatable bonds is 29. The van der Waals surface area contributed by atoms with Crippen LogP contribution in [0.2, 0.25) is 0 Å². The number of halogens is 1. The second kappa shape index (κ2) is 42.5. The SMILES string of the molecule is C[C@@H]1[C@@H](NC(=O)[C@@H]2[C@H]([C@H](C)O)[C@H](CO)ON2Cc2cccc(-c3ccccc3C(=O)NCCCCN(C)C)c2)C[C@H]2C[C@@H]1C2(C)C.C[C@@H]1[C@@H](NC(=O)[C@@H]2[C@H]([C@H](C)O)[C@H](CO)ON2Cc2cccc(-c3ccccc3C(=O)O)c2)C[C@H]2C[C@@H]1C2(C)C.C[C@@H]1[C@@H](NC(=O)[C@@H]2[C@H]([C@H](C)O)[C@H](CO)ON2Cc2cccc(I)c2)C[C@H]2C[C@@H]1C2(C)C.O=C(O)c1ccccc1B(O)O. The van der Waals surface area contributed by atoms with Crippen molar-refractivity contribution < 1.29 is 94.2 Å². The zero-order valence-electron chi connectivity index (χ0n) is 76.4. The molecule has 0 aromatic heterocycles. The van der Waals surface area contributed by atoms with Crippen molar-refractivity contribution in [2.24, 2.45) is 87.3 Å². The van der Waals surface area contributed by atoms with Crippen LogP contribution < -0.4 is 26.7 Å². The quantitative estimate of drug-likeness (QED) is 0.0118. The number of aliphatic hydroxyl groups is 6. The molecular weight excluding hydrogens is 1740 g/mol. The number of carbonyl (C=O) groups is 6. The third kappa shape index (κ3) is 21.8. The minimum Gasteiger partial charge on any atom is -0.478 e. The Morgan fingerprint density at radius 3 is 1.14 bits per heavy atom. The van der Waals surface area contributed by atoms with Gasteiger partial charge in [-0.05, 0) is 272 Å². The lowest BCUT2D eigenvalue weighted by molar-refractivity contribution is -0.183. The van der Waals surface area contributed by atoms with E-state index >= 15 is 0 Å². The Morgan fingerprint density at radius 1 is 0.469 bits per heavy atom. The number of hydrogen-bond donors (Lipinski definition) is 14. The molecule has 0 radical (unpaired) electrons. The van der Waals surface area contributed by atoms with Crippen LogP contribution in [-0.2, 0) is 48.5 Å². The fourth-order valence-corrected chi connectivity index (χ4v) is 23.5. The summed E-state index contributed by atoms with van der Waals surface area (Å²) in [5.41, 5.74) is 7.52. The number of carboxylic acids is 2. The first-order valence-corrected chi connectivity index (χ1v) is 46.8. The van der Waals surface area contributed by atoms with Gasteiger partial charge in [0.05, 0.1) is 68.9 Å². The molecule has 0 unspecified atom stereocenters. The van der Waals surface area contributed by atoms with E-state index in [1.54, 1.807) is 66.3 Å². The molecule has 14 N–H and O–H groups in total. The van der Waals surface area contributed by atoms with E-state index < -0.39 is 91.6 Å². The zero-order valence-corrected chi connectivity index (χ0v) is 78.6. The highest BCUT2D eigenvalue weighted by Crippen LogP contribution is 2.64. The van der Waals surface area contributed by atoms with Gasteiger partial charge in [0.1, 0.15) is 36.4 Å². The number of fused-ring (bicyclic) bond motifs is 6. The number of hydrogen-bond acceptors (Lipinski definition) is 21. The topological polar surface area (TPSA) is 393 Å². The second-order valence-corrected chi connectivity index (χ2v) is 40.9. The Kier molecular flexibility index (Phi) is 33.0. The van der Waals surface area contributed by atoms with Gasteiger partial charge in [0.15, 0.2) is 0 Å². The lowest BCUT2D eigenvalue weighted by atomic mass is 9.45. The van der Waals surface area contributed by atoms with Crippen molar-refractivity contribution >= 4 is 70.7 Å². The molecule has 9 saturated carbocycles. The molecule has 24 atom stereocenters. The predicted octanol–water partition coefficient (Wildman–Crippen LogP) is 9.81. The second-order valence-electron chi connectivity index (χ2n) is 39.7. The average Bonchev–Trinajstić information content (AvgIpc) is 1.35. The minimum absolute atomic E-state index is 0.00463. The summed E-state index contributed by atoms with van der Waals surface area (Å²) in [7, 11) is 2.35. The van der Waals surface area contributed by atoms with E-state index in [4.69, 9.17) is 29.7 Å². The number of unbranched alkanes of at least 4 members (excludes halogenated alkanes) is 1. The van der Waals surface area contributed by atoms with Crippen LogP contribution in [0.5, 0.6) is 0 Å². The molecule has 6 aromatic carbocycles. The van der Waals surface area contributed by atoms with Gasteiger partial charge in [-0.2, -0.15) is 15.2 Å². The molecule has 27 nitrogen and oxygen atoms in total. The van der Waals surface area contributed by atoms with Gasteiger partial charge in [-0.3, -0.25) is 33.7 Å². The summed E-state index contributed by atoms with van der Waals surface area (Å²) in [4.78, 5) is 97.3. The molecule has 18 rings (SSSR count). The lowest BCUT2D eigenvalue weighted by Gasteiger charge is -2.62. The maximum atomic E-state index is 14.0. The summed E-state index contributed by atoms with van der Waals surface area (Å²) >= 11 is 2.27. The van der Waals surface area contributed by atoms with Crippen molar-refractivity contribution in [2.45, 2.75) is 227 Å². The molecule has 128 heavy (non-hydrogen) atoms. The third-order valence-electron chi connectivity index (χ3n) is 30.7. The van der Waals surface area contributed by atoms with E-state index in [2.05, 4.69) is 117 Å². The highest BCUT2D eigenvalue weighted by Gasteiger charge is 2.61. The first kappa shape index (κ1) is 99.3. The van der Waals surface area contributed by atoms with E-state index in [0.29, 0.717) is 93.7 Å². The van der Waals surface area contributed by atoms with Crippen LogP contribution in [0, 0.1) is 90.8 Å². The Labute approximate surface area is 767 Å². The first-order chi connectivity index (χ1) is 60.7. The molecule has 4 amide bonds. The number of carbonyl (C=O) groups excluding carboxylic acids is 4. The molecule has 12 fully saturated rings. The predicted molar refractivity (Wildman–Crippen MR) is 496 cm³/mol. The molecular formula is C99H136BIN8O19. The fraction of sp³-hybridized carbons (Fsp3) is 0.576. The maximum Gasteiger partial charge on any atom is 0.489 e. The van der Waals surface area contributed by atoms with E-state index in [1.807, 2.05) is 105 Å². The summed E-state index contributed by atoms with van der Waals surface area (Å²) in [5, 5.41) is 116. The molecule has 3 heterocycles. The van der Waals surface area contributed by atoms with Gasteiger partial charge < -0.3 is 77.1 Å². The van der Waals surface area contributed by atoms with E-state index in [-0.39, 0.29) is 91.3 Å². The monoisotopic (exact) mass is 1880 g/mol. The van der Waals surface area contributed by atoms with E-state index in [1.165, 1.54) is 37.5 Å².